The van der Waals surface area contributed by atoms with Crippen molar-refractivity contribution in [1.29, 1.82) is 0 Å². The molecule has 0 saturated carbocycles. The van der Waals surface area contributed by atoms with Gasteiger partial charge in [0.2, 0.25) is 0 Å². The summed E-state index contributed by atoms with van der Waals surface area (Å²) in [5.74, 6) is 0.254. The Kier molecular flexibility index (Phi) is 9.95. The number of carboxylic acid groups (broad SMARTS) is 2. The van der Waals surface area contributed by atoms with Gasteiger partial charge in [0.1, 0.15) is 29.6 Å². The Morgan fingerprint density at radius 1 is 1.04 bits per heavy atom. The van der Waals surface area contributed by atoms with Gasteiger partial charge in [-0.1, -0.05) is 31.5 Å². The Bertz CT molecular complexity index is 1790. The van der Waals surface area contributed by atoms with Gasteiger partial charge in [-0.2, -0.15) is 5.10 Å². The summed E-state index contributed by atoms with van der Waals surface area (Å²) in [6, 6.07) is 14.4. The summed E-state index contributed by atoms with van der Waals surface area (Å²) >= 11 is 0. The third kappa shape index (κ3) is 6.86. The predicted octanol–water partition coefficient (Wildman–Crippen LogP) is 6.60. The van der Waals surface area contributed by atoms with Crippen molar-refractivity contribution in [3.05, 3.63) is 93.7 Å². The number of benzene rings is 3. The molecule has 0 atom stereocenters. The highest BCUT2D eigenvalue weighted by atomic mass is 16.5. The molecule has 1 aliphatic rings. The SMILES string of the molecule is CCCCn1ncc(/C=C(\Cc2cc3c(cc2OC)CCO3)C(=O)O)c1-c1ccc(OC)cc1OCc1cccc(C)c1C(=O)O. The molecule has 0 bridgehead atoms. The highest BCUT2D eigenvalue weighted by Gasteiger charge is 2.23. The van der Waals surface area contributed by atoms with Crippen molar-refractivity contribution in [3.63, 3.8) is 0 Å². The molecule has 3 aromatic carbocycles. The smallest absolute Gasteiger partial charge is 0.336 e. The van der Waals surface area contributed by atoms with E-state index in [1.54, 1.807) is 63.7 Å². The van der Waals surface area contributed by atoms with Crippen molar-refractivity contribution >= 4 is 18.0 Å². The molecule has 10 heteroatoms. The largest absolute Gasteiger partial charge is 0.497 e. The number of carbonyl (C=O) groups is 2. The fraction of sp³-hybridized carbons (Fsp3) is 0.306. The first-order chi connectivity index (χ1) is 22.2. The first kappa shape index (κ1) is 32.2. The summed E-state index contributed by atoms with van der Waals surface area (Å²) in [5.41, 5.74) is 5.19. The minimum atomic E-state index is -1.07. The summed E-state index contributed by atoms with van der Waals surface area (Å²) in [7, 11) is 3.13. The van der Waals surface area contributed by atoms with Gasteiger partial charge >= 0.3 is 11.9 Å². The maximum absolute atomic E-state index is 12.6. The van der Waals surface area contributed by atoms with E-state index in [0.29, 0.717) is 63.9 Å². The number of aliphatic carboxylic acids is 1. The number of aryl methyl sites for hydroxylation is 2. The second-order valence-corrected chi connectivity index (χ2v) is 11.1. The summed E-state index contributed by atoms with van der Waals surface area (Å²) in [5, 5.41) is 24.8. The Balaban J connectivity index is 1.58. The normalized spacial score (nSPS) is 12.4. The van der Waals surface area contributed by atoms with Crippen molar-refractivity contribution in [2.75, 3.05) is 20.8 Å². The van der Waals surface area contributed by atoms with Crippen molar-refractivity contribution in [2.24, 2.45) is 0 Å². The highest BCUT2D eigenvalue weighted by Crippen LogP contribution is 2.38. The molecule has 0 fully saturated rings. The lowest BCUT2D eigenvalue weighted by Gasteiger charge is -2.17. The number of aromatic nitrogens is 2. The van der Waals surface area contributed by atoms with Crippen molar-refractivity contribution in [1.82, 2.24) is 9.78 Å². The van der Waals surface area contributed by atoms with Crippen molar-refractivity contribution < 1.29 is 38.7 Å². The van der Waals surface area contributed by atoms with E-state index in [1.165, 1.54) is 0 Å². The zero-order valence-corrected chi connectivity index (χ0v) is 26.5. The van der Waals surface area contributed by atoms with Crippen LogP contribution < -0.4 is 18.9 Å². The molecule has 5 rings (SSSR count). The van der Waals surface area contributed by atoms with Gasteiger partial charge < -0.3 is 29.2 Å². The third-order valence-electron chi connectivity index (χ3n) is 8.07. The lowest BCUT2D eigenvalue weighted by molar-refractivity contribution is -0.132. The molecule has 1 aromatic heterocycles. The topological polar surface area (TPSA) is 129 Å². The minimum absolute atomic E-state index is 0.00167. The molecular formula is C36H38N2O8. The molecule has 0 saturated heterocycles. The molecule has 0 unspecified atom stereocenters. The van der Waals surface area contributed by atoms with Crippen LogP contribution in [-0.2, 0) is 30.8 Å². The Morgan fingerprint density at radius 2 is 1.87 bits per heavy atom. The fourth-order valence-electron chi connectivity index (χ4n) is 5.69. The molecule has 0 aliphatic carbocycles. The second kappa shape index (κ2) is 14.2. The van der Waals surface area contributed by atoms with E-state index in [4.69, 9.17) is 18.9 Å². The number of fused-ring (bicyclic) bond motifs is 1. The average molecular weight is 627 g/mol. The van der Waals surface area contributed by atoms with Crippen LogP contribution in [0.25, 0.3) is 17.3 Å². The number of rotatable bonds is 14. The van der Waals surface area contributed by atoms with E-state index < -0.39 is 11.9 Å². The van der Waals surface area contributed by atoms with Crippen LogP contribution in [0.5, 0.6) is 23.0 Å². The van der Waals surface area contributed by atoms with Crippen LogP contribution in [0.2, 0.25) is 0 Å². The molecule has 1 aliphatic heterocycles. The van der Waals surface area contributed by atoms with Crippen molar-refractivity contribution in [3.8, 4) is 34.3 Å². The van der Waals surface area contributed by atoms with Gasteiger partial charge in [-0.25, -0.2) is 9.59 Å². The molecule has 2 N–H and O–H groups in total. The first-order valence-electron chi connectivity index (χ1n) is 15.2. The van der Waals surface area contributed by atoms with Crippen molar-refractivity contribution in [2.45, 2.75) is 52.7 Å². The number of methoxy groups -OCH3 is 2. The zero-order valence-electron chi connectivity index (χ0n) is 26.5. The number of nitrogens with zero attached hydrogens (tertiary/aromatic N) is 2. The Labute approximate surface area is 267 Å². The van der Waals surface area contributed by atoms with E-state index >= 15 is 0 Å². The maximum atomic E-state index is 12.6. The van der Waals surface area contributed by atoms with Crippen LogP contribution in [-0.4, -0.2) is 52.8 Å². The second-order valence-electron chi connectivity index (χ2n) is 11.1. The number of unbranched alkanes of at least 4 members (excludes halogenated alkanes) is 1. The molecule has 10 nitrogen and oxygen atoms in total. The number of hydrogen-bond donors (Lipinski definition) is 2. The molecule has 0 radical (unpaired) electrons. The quantitative estimate of drug-likeness (QED) is 0.149. The van der Waals surface area contributed by atoms with Gasteiger partial charge in [-0.05, 0) is 49.2 Å². The van der Waals surface area contributed by atoms with Crippen LogP contribution in [0.15, 0.2) is 60.3 Å². The van der Waals surface area contributed by atoms with Crippen LogP contribution in [0.4, 0.5) is 0 Å². The van der Waals surface area contributed by atoms with E-state index in [-0.39, 0.29) is 24.2 Å². The molecule has 0 spiro atoms. The minimum Gasteiger partial charge on any atom is -0.497 e. The first-order valence-corrected chi connectivity index (χ1v) is 15.2. The third-order valence-corrected chi connectivity index (χ3v) is 8.07. The lowest BCUT2D eigenvalue weighted by Crippen LogP contribution is -2.09. The summed E-state index contributed by atoms with van der Waals surface area (Å²) in [4.78, 5) is 24.7. The lowest BCUT2D eigenvalue weighted by atomic mass is 9.98. The number of carboxylic acids is 2. The summed E-state index contributed by atoms with van der Waals surface area (Å²) in [6.45, 7) is 5.02. The van der Waals surface area contributed by atoms with Gasteiger partial charge in [0.25, 0.3) is 0 Å². The van der Waals surface area contributed by atoms with E-state index in [2.05, 4.69) is 12.0 Å². The van der Waals surface area contributed by atoms with Crippen LogP contribution >= 0.6 is 0 Å². The monoisotopic (exact) mass is 626 g/mol. The van der Waals surface area contributed by atoms with E-state index in [1.807, 2.05) is 22.9 Å². The van der Waals surface area contributed by atoms with E-state index in [9.17, 15) is 19.8 Å². The van der Waals surface area contributed by atoms with Gasteiger partial charge in [-0.3, -0.25) is 4.68 Å². The summed E-state index contributed by atoms with van der Waals surface area (Å²) in [6.07, 6.45) is 5.97. The predicted molar refractivity (Wildman–Crippen MR) is 173 cm³/mol. The molecule has 0 amide bonds. The van der Waals surface area contributed by atoms with Gasteiger partial charge in [-0.15, -0.1) is 0 Å². The average Bonchev–Trinajstić information content (AvgIpc) is 3.67. The van der Waals surface area contributed by atoms with Crippen LogP contribution in [0, 0.1) is 6.92 Å². The Morgan fingerprint density at radius 3 is 2.59 bits per heavy atom. The molecule has 240 valence electrons. The number of aromatic carboxylic acids is 1. The van der Waals surface area contributed by atoms with Gasteiger partial charge in [0, 0.05) is 58.8 Å². The Hall–Kier alpha value is -5.25. The highest BCUT2D eigenvalue weighted by molar-refractivity contribution is 5.94. The number of hydrogen-bond acceptors (Lipinski definition) is 7. The van der Waals surface area contributed by atoms with E-state index in [0.717, 1.165) is 30.6 Å². The van der Waals surface area contributed by atoms with Gasteiger partial charge in [0.05, 0.1) is 38.3 Å². The molecule has 46 heavy (non-hydrogen) atoms. The van der Waals surface area contributed by atoms with Crippen LogP contribution in [0.3, 0.4) is 0 Å². The molecular weight excluding hydrogens is 588 g/mol. The standard InChI is InChI=1S/C36H38N2O8/c1-5-6-13-38-34(29-11-10-28(43-3)19-32(29)46-21-24-9-7-8-22(2)33(24)36(41)42)27(20-37-38)16-26(35(39)40)15-25-18-31-23(12-14-45-31)17-30(25)44-4/h7-11,16-20H,5-6,12-15,21H2,1-4H3,(H,39,40)(H,41,42)/b26-16+. The number of ether oxygens (including phenoxy) is 4. The summed E-state index contributed by atoms with van der Waals surface area (Å²) < 4.78 is 25.0. The molecule has 4 aromatic rings. The molecule has 2 heterocycles. The van der Waals surface area contributed by atoms with Gasteiger partial charge in [0.15, 0.2) is 0 Å². The maximum Gasteiger partial charge on any atom is 0.336 e. The zero-order chi connectivity index (χ0) is 32.8. The van der Waals surface area contributed by atoms with Crippen LogP contribution in [0.1, 0.15) is 57.9 Å². The fourth-order valence-corrected chi connectivity index (χ4v) is 5.69.